The van der Waals surface area contributed by atoms with Crippen LogP contribution in [0.15, 0.2) is 11.0 Å². The molecule has 4 nitrogen and oxygen atoms in total. The van der Waals surface area contributed by atoms with Crippen molar-refractivity contribution in [3.63, 3.8) is 0 Å². The quantitative estimate of drug-likeness (QED) is 0.725. The van der Waals surface area contributed by atoms with Crippen molar-refractivity contribution in [3.8, 4) is 0 Å². The Labute approximate surface area is 83.0 Å². The molecule has 1 aromatic heterocycles. The van der Waals surface area contributed by atoms with Crippen LogP contribution in [0.3, 0.4) is 0 Å². The molecular formula is C10H15N3O. The summed E-state index contributed by atoms with van der Waals surface area (Å²) < 4.78 is 0. The van der Waals surface area contributed by atoms with Crippen LogP contribution >= 0.6 is 0 Å². The highest BCUT2D eigenvalue weighted by Crippen LogP contribution is 2.13. The largest absolute Gasteiger partial charge is 0.342 e. The number of H-pyrrole nitrogens is 1. The number of aromatic nitrogens is 2. The Morgan fingerprint density at radius 2 is 2.07 bits per heavy atom. The first-order valence-corrected chi connectivity index (χ1v) is 5.08. The molecule has 0 aromatic carbocycles. The first kappa shape index (κ1) is 9.24. The number of hydrogen-bond acceptors (Lipinski definition) is 3. The van der Waals surface area contributed by atoms with Crippen LogP contribution in [0.25, 0.3) is 0 Å². The highest BCUT2D eigenvalue weighted by atomic mass is 16.1. The Bertz CT molecular complexity index is 366. The summed E-state index contributed by atoms with van der Waals surface area (Å²) in [6.07, 6.45) is 5.31. The van der Waals surface area contributed by atoms with Crippen molar-refractivity contribution in [2.75, 3.05) is 18.0 Å². The number of anilines is 1. The van der Waals surface area contributed by atoms with E-state index in [1.807, 2.05) is 0 Å². The maximum Gasteiger partial charge on any atom is 0.255 e. The van der Waals surface area contributed by atoms with Gasteiger partial charge in [0.05, 0.1) is 0 Å². The number of hydrogen-bond donors (Lipinski definition) is 1. The second kappa shape index (κ2) is 3.82. The lowest BCUT2D eigenvalue weighted by atomic mass is 10.1. The molecule has 4 heteroatoms. The molecule has 2 rings (SSSR count). The van der Waals surface area contributed by atoms with E-state index in [-0.39, 0.29) is 5.56 Å². The Hall–Kier alpha value is -1.32. The van der Waals surface area contributed by atoms with Gasteiger partial charge in [-0.3, -0.25) is 9.78 Å². The molecule has 76 valence electrons. The molecule has 0 atom stereocenters. The van der Waals surface area contributed by atoms with Crippen molar-refractivity contribution in [1.82, 2.24) is 9.97 Å². The zero-order chi connectivity index (χ0) is 9.97. The molecule has 1 aliphatic heterocycles. The zero-order valence-corrected chi connectivity index (χ0v) is 8.42. The van der Waals surface area contributed by atoms with Gasteiger partial charge in [-0.25, -0.2) is 4.98 Å². The van der Waals surface area contributed by atoms with Gasteiger partial charge in [0.2, 0.25) is 5.95 Å². The van der Waals surface area contributed by atoms with E-state index in [1.165, 1.54) is 19.3 Å². The van der Waals surface area contributed by atoms with Gasteiger partial charge in [-0.1, -0.05) is 0 Å². The Morgan fingerprint density at radius 1 is 1.36 bits per heavy atom. The summed E-state index contributed by atoms with van der Waals surface area (Å²) in [5.74, 6) is 0.723. The van der Waals surface area contributed by atoms with Crippen molar-refractivity contribution in [2.45, 2.75) is 26.2 Å². The van der Waals surface area contributed by atoms with Crippen molar-refractivity contribution in [1.29, 1.82) is 0 Å². The maximum atomic E-state index is 11.4. The minimum Gasteiger partial charge on any atom is -0.342 e. The lowest BCUT2D eigenvalue weighted by Crippen LogP contribution is -2.32. The van der Waals surface area contributed by atoms with Crippen LogP contribution in [0, 0.1) is 6.92 Å². The summed E-state index contributed by atoms with van der Waals surface area (Å²) >= 11 is 0. The van der Waals surface area contributed by atoms with Gasteiger partial charge >= 0.3 is 0 Å². The van der Waals surface area contributed by atoms with Crippen molar-refractivity contribution >= 4 is 5.95 Å². The number of nitrogens with one attached hydrogen (secondary N) is 1. The monoisotopic (exact) mass is 193 g/mol. The summed E-state index contributed by atoms with van der Waals surface area (Å²) in [5, 5.41) is 0. The van der Waals surface area contributed by atoms with Gasteiger partial charge in [-0.05, 0) is 26.2 Å². The fourth-order valence-corrected chi connectivity index (χ4v) is 1.72. The lowest BCUT2D eigenvalue weighted by molar-refractivity contribution is 0.567. The molecule has 2 heterocycles. The standard InChI is InChI=1S/C10H15N3O/c1-8-7-11-10(12-9(8)14)13-5-3-2-4-6-13/h7H,2-6H2,1H3,(H,11,12,14). The second-order valence-electron chi connectivity index (χ2n) is 3.77. The predicted molar refractivity (Wildman–Crippen MR) is 55.7 cm³/mol. The van der Waals surface area contributed by atoms with E-state index in [0.717, 1.165) is 19.0 Å². The molecule has 0 aliphatic carbocycles. The minimum absolute atomic E-state index is 0.0272. The van der Waals surface area contributed by atoms with E-state index >= 15 is 0 Å². The van der Waals surface area contributed by atoms with Crippen LogP contribution in [0.5, 0.6) is 0 Å². The van der Waals surface area contributed by atoms with Gasteiger partial charge in [0.25, 0.3) is 5.56 Å². The summed E-state index contributed by atoms with van der Waals surface area (Å²) in [5.41, 5.74) is 0.645. The fraction of sp³-hybridized carbons (Fsp3) is 0.600. The molecule has 0 amide bonds. The Morgan fingerprint density at radius 3 is 2.71 bits per heavy atom. The zero-order valence-electron chi connectivity index (χ0n) is 8.42. The highest BCUT2D eigenvalue weighted by Gasteiger charge is 2.12. The molecule has 1 aromatic rings. The number of rotatable bonds is 1. The van der Waals surface area contributed by atoms with Crippen LogP contribution in [-0.2, 0) is 0 Å². The molecule has 1 fully saturated rings. The third-order valence-corrected chi connectivity index (χ3v) is 2.62. The van der Waals surface area contributed by atoms with Gasteiger partial charge in [0.1, 0.15) is 0 Å². The molecule has 0 spiro atoms. The highest BCUT2D eigenvalue weighted by molar-refractivity contribution is 5.29. The Balaban J connectivity index is 2.23. The van der Waals surface area contributed by atoms with E-state index in [4.69, 9.17) is 0 Å². The molecule has 0 unspecified atom stereocenters. The minimum atomic E-state index is -0.0272. The van der Waals surface area contributed by atoms with E-state index < -0.39 is 0 Å². The average molecular weight is 193 g/mol. The summed E-state index contributed by atoms with van der Waals surface area (Å²) in [6, 6.07) is 0. The van der Waals surface area contributed by atoms with Gasteiger partial charge in [0.15, 0.2) is 0 Å². The summed E-state index contributed by atoms with van der Waals surface area (Å²) in [6.45, 7) is 3.78. The number of aryl methyl sites for hydroxylation is 1. The molecule has 1 aliphatic rings. The first-order chi connectivity index (χ1) is 6.77. The normalized spacial score (nSPS) is 17.1. The number of nitrogens with zero attached hydrogens (tertiary/aromatic N) is 2. The lowest BCUT2D eigenvalue weighted by Gasteiger charge is -2.26. The SMILES string of the molecule is Cc1cnc(N2CCCCC2)[nH]c1=O. The summed E-state index contributed by atoms with van der Waals surface area (Å²) in [7, 11) is 0. The molecular weight excluding hydrogens is 178 g/mol. The van der Waals surface area contributed by atoms with E-state index in [0.29, 0.717) is 5.56 Å². The topological polar surface area (TPSA) is 49.0 Å². The predicted octanol–water partition coefficient (Wildman–Crippen LogP) is 1.07. The van der Waals surface area contributed by atoms with Crippen molar-refractivity contribution in [3.05, 3.63) is 22.1 Å². The second-order valence-corrected chi connectivity index (χ2v) is 3.77. The number of piperidine rings is 1. The molecule has 0 saturated carbocycles. The van der Waals surface area contributed by atoms with Crippen LogP contribution < -0.4 is 10.5 Å². The summed E-state index contributed by atoms with van der Waals surface area (Å²) in [4.78, 5) is 20.5. The van der Waals surface area contributed by atoms with E-state index in [1.54, 1.807) is 13.1 Å². The first-order valence-electron chi connectivity index (χ1n) is 5.08. The van der Waals surface area contributed by atoms with Gasteiger partial charge < -0.3 is 4.90 Å². The average Bonchev–Trinajstić information content (AvgIpc) is 2.23. The van der Waals surface area contributed by atoms with Gasteiger partial charge in [-0.2, -0.15) is 0 Å². The fourth-order valence-electron chi connectivity index (χ4n) is 1.72. The van der Waals surface area contributed by atoms with Crippen LogP contribution in [0.1, 0.15) is 24.8 Å². The molecule has 1 N–H and O–H groups in total. The van der Waals surface area contributed by atoms with Gasteiger partial charge in [-0.15, -0.1) is 0 Å². The van der Waals surface area contributed by atoms with E-state index in [2.05, 4.69) is 14.9 Å². The third-order valence-electron chi connectivity index (χ3n) is 2.62. The molecule has 0 radical (unpaired) electrons. The van der Waals surface area contributed by atoms with Crippen LogP contribution in [-0.4, -0.2) is 23.1 Å². The van der Waals surface area contributed by atoms with Crippen molar-refractivity contribution in [2.24, 2.45) is 0 Å². The van der Waals surface area contributed by atoms with Crippen LogP contribution in [0.2, 0.25) is 0 Å². The van der Waals surface area contributed by atoms with E-state index in [9.17, 15) is 4.79 Å². The smallest absolute Gasteiger partial charge is 0.255 e. The Kier molecular flexibility index (Phi) is 2.52. The number of aromatic amines is 1. The van der Waals surface area contributed by atoms with Crippen LogP contribution in [0.4, 0.5) is 5.95 Å². The third kappa shape index (κ3) is 1.78. The molecule has 14 heavy (non-hydrogen) atoms. The molecule has 0 bridgehead atoms. The maximum absolute atomic E-state index is 11.4. The van der Waals surface area contributed by atoms with Gasteiger partial charge in [0, 0.05) is 24.8 Å². The van der Waals surface area contributed by atoms with Crippen molar-refractivity contribution < 1.29 is 0 Å². The molecule has 1 saturated heterocycles.